The summed E-state index contributed by atoms with van der Waals surface area (Å²) in [5.74, 6) is 0. The average Bonchev–Trinajstić information content (AvgIpc) is 2.28. The van der Waals surface area contributed by atoms with E-state index in [4.69, 9.17) is 0 Å². The zero-order valence-electron chi connectivity index (χ0n) is 7.18. The first-order valence-corrected chi connectivity index (χ1v) is 4.91. The standard InChI is InChI=1S/C9H18N2/c1-2-6-11-7-3-5-10-8-9(11)4-1/h9-10H,1-8H2/t9-/m0/s1. The molecule has 2 heteroatoms. The molecule has 2 fully saturated rings. The molecule has 0 spiro atoms. The van der Waals surface area contributed by atoms with Crippen molar-refractivity contribution < 1.29 is 0 Å². The summed E-state index contributed by atoms with van der Waals surface area (Å²) in [5, 5.41) is 3.50. The van der Waals surface area contributed by atoms with Gasteiger partial charge in [0.25, 0.3) is 0 Å². The van der Waals surface area contributed by atoms with Crippen molar-refractivity contribution in [2.75, 3.05) is 26.2 Å². The number of fused-ring (bicyclic) bond motifs is 1. The molecule has 11 heavy (non-hydrogen) atoms. The molecule has 1 atom stereocenters. The molecule has 0 bridgehead atoms. The molecule has 2 rings (SSSR count). The fourth-order valence-electron chi connectivity index (χ4n) is 2.26. The summed E-state index contributed by atoms with van der Waals surface area (Å²) in [5.41, 5.74) is 0. The minimum Gasteiger partial charge on any atom is -0.315 e. The fourth-order valence-corrected chi connectivity index (χ4v) is 2.26. The van der Waals surface area contributed by atoms with Crippen LogP contribution in [0, 0.1) is 0 Å². The Bertz CT molecular complexity index is 111. The third-order valence-corrected chi connectivity index (χ3v) is 2.93. The zero-order chi connectivity index (χ0) is 7.52. The third kappa shape index (κ3) is 1.74. The quantitative estimate of drug-likeness (QED) is 0.556. The lowest BCUT2D eigenvalue weighted by molar-refractivity contribution is 0.160. The van der Waals surface area contributed by atoms with Gasteiger partial charge in [-0.1, -0.05) is 6.42 Å². The molecule has 64 valence electrons. The number of nitrogens with one attached hydrogen (secondary N) is 1. The van der Waals surface area contributed by atoms with E-state index < -0.39 is 0 Å². The lowest BCUT2D eigenvalue weighted by atomic mass is 10.0. The minimum atomic E-state index is 0.867. The summed E-state index contributed by atoms with van der Waals surface area (Å²) in [4.78, 5) is 2.67. The van der Waals surface area contributed by atoms with E-state index in [0.717, 1.165) is 6.04 Å². The highest BCUT2D eigenvalue weighted by Crippen LogP contribution is 2.17. The van der Waals surface area contributed by atoms with Crippen molar-refractivity contribution in [3.05, 3.63) is 0 Å². The Hall–Kier alpha value is -0.0800. The molecular formula is C9H18N2. The highest BCUT2D eigenvalue weighted by molar-refractivity contribution is 4.80. The maximum atomic E-state index is 3.50. The van der Waals surface area contributed by atoms with E-state index in [2.05, 4.69) is 10.2 Å². The van der Waals surface area contributed by atoms with Gasteiger partial charge in [0.1, 0.15) is 0 Å². The van der Waals surface area contributed by atoms with E-state index in [0.29, 0.717) is 0 Å². The van der Waals surface area contributed by atoms with Crippen molar-refractivity contribution >= 4 is 0 Å². The van der Waals surface area contributed by atoms with Gasteiger partial charge < -0.3 is 5.32 Å². The van der Waals surface area contributed by atoms with Crippen LogP contribution < -0.4 is 5.32 Å². The van der Waals surface area contributed by atoms with Gasteiger partial charge in [0.05, 0.1) is 0 Å². The molecule has 0 saturated carbocycles. The predicted molar refractivity (Wildman–Crippen MR) is 46.7 cm³/mol. The van der Waals surface area contributed by atoms with Crippen LogP contribution in [0.25, 0.3) is 0 Å². The van der Waals surface area contributed by atoms with Crippen LogP contribution in [0.1, 0.15) is 25.7 Å². The van der Waals surface area contributed by atoms with E-state index in [1.165, 1.54) is 51.9 Å². The van der Waals surface area contributed by atoms with Gasteiger partial charge in [-0.3, -0.25) is 4.90 Å². The second-order valence-corrected chi connectivity index (χ2v) is 3.74. The first kappa shape index (κ1) is 7.56. The molecule has 2 heterocycles. The number of rotatable bonds is 0. The van der Waals surface area contributed by atoms with Crippen LogP contribution in [0.15, 0.2) is 0 Å². The van der Waals surface area contributed by atoms with Crippen LogP contribution in [0.3, 0.4) is 0 Å². The molecular weight excluding hydrogens is 136 g/mol. The van der Waals surface area contributed by atoms with Crippen molar-refractivity contribution in [1.29, 1.82) is 0 Å². The van der Waals surface area contributed by atoms with Crippen LogP contribution >= 0.6 is 0 Å². The van der Waals surface area contributed by atoms with Gasteiger partial charge in [-0.05, 0) is 38.9 Å². The molecule has 0 amide bonds. The largest absolute Gasteiger partial charge is 0.315 e. The maximum Gasteiger partial charge on any atom is 0.0220 e. The Labute approximate surface area is 69.0 Å². The second-order valence-electron chi connectivity index (χ2n) is 3.74. The number of piperidine rings is 1. The van der Waals surface area contributed by atoms with Gasteiger partial charge >= 0.3 is 0 Å². The number of nitrogens with zero attached hydrogens (tertiary/aromatic N) is 1. The van der Waals surface area contributed by atoms with Gasteiger partial charge in [0.2, 0.25) is 0 Å². The summed E-state index contributed by atoms with van der Waals surface area (Å²) in [6.45, 7) is 5.15. The first-order valence-electron chi connectivity index (χ1n) is 4.91. The molecule has 0 aromatic carbocycles. The van der Waals surface area contributed by atoms with Crippen LogP contribution in [-0.2, 0) is 0 Å². The van der Waals surface area contributed by atoms with Gasteiger partial charge in [-0.2, -0.15) is 0 Å². The summed E-state index contributed by atoms with van der Waals surface area (Å²) in [6.07, 6.45) is 5.64. The van der Waals surface area contributed by atoms with Gasteiger partial charge in [0.15, 0.2) is 0 Å². The van der Waals surface area contributed by atoms with Crippen LogP contribution in [0.5, 0.6) is 0 Å². The molecule has 2 saturated heterocycles. The molecule has 2 aliphatic heterocycles. The Kier molecular flexibility index (Phi) is 2.44. The lowest BCUT2D eigenvalue weighted by Crippen LogP contribution is -2.42. The van der Waals surface area contributed by atoms with Gasteiger partial charge in [-0.25, -0.2) is 0 Å². The smallest absolute Gasteiger partial charge is 0.0220 e. The van der Waals surface area contributed by atoms with Crippen LogP contribution in [0.2, 0.25) is 0 Å². The van der Waals surface area contributed by atoms with Crippen LogP contribution in [-0.4, -0.2) is 37.1 Å². The van der Waals surface area contributed by atoms with E-state index in [1.807, 2.05) is 0 Å². The van der Waals surface area contributed by atoms with Crippen molar-refractivity contribution in [1.82, 2.24) is 10.2 Å². The van der Waals surface area contributed by atoms with E-state index >= 15 is 0 Å². The van der Waals surface area contributed by atoms with Crippen molar-refractivity contribution in [2.24, 2.45) is 0 Å². The highest BCUT2D eigenvalue weighted by atomic mass is 15.2. The Morgan fingerprint density at radius 2 is 2.00 bits per heavy atom. The average molecular weight is 154 g/mol. The Balaban J connectivity index is 1.93. The van der Waals surface area contributed by atoms with Gasteiger partial charge in [0, 0.05) is 12.6 Å². The Morgan fingerprint density at radius 3 is 3.00 bits per heavy atom. The normalized spacial score (nSPS) is 34.4. The summed E-state index contributed by atoms with van der Waals surface area (Å²) in [7, 11) is 0. The number of hydrogen-bond donors (Lipinski definition) is 1. The molecule has 0 aliphatic carbocycles. The monoisotopic (exact) mass is 154 g/mol. The van der Waals surface area contributed by atoms with Gasteiger partial charge in [-0.15, -0.1) is 0 Å². The van der Waals surface area contributed by atoms with Crippen molar-refractivity contribution in [3.63, 3.8) is 0 Å². The van der Waals surface area contributed by atoms with E-state index in [-0.39, 0.29) is 0 Å². The summed E-state index contributed by atoms with van der Waals surface area (Å²) in [6, 6.07) is 0.867. The maximum absolute atomic E-state index is 3.50. The van der Waals surface area contributed by atoms with Crippen LogP contribution in [0.4, 0.5) is 0 Å². The molecule has 0 aromatic rings. The summed E-state index contributed by atoms with van der Waals surface area (Å²) < 4.78 is 0. The lowest BCUT2D eigenvalue weighted by Gasteiger charge is -2.33. The minimum absolute atomic E-state index is 0.867. The summed E-state index contributed by atoms with van der Waals surface area (Å²) >= 11 is 0. The highest BCUT2D eigenvalue weighted by Gasteiger charge is 2.22. The second kappa shape index (κ2) is 3.55. The number of hydrogen-bond acceptors (Lipinski definition) is 2. The van der Waals surface area contributed by atoms with E-state index in [9.17, 15) is 0 Å². The fraction of sp³-hybridized carbons (Fsp3) is 1.00. The Morgan fingerprint density at radius 1 is 1.09 bits per heavy atom. The van der Waals surface area contributed by atoms with Crippen molar-refractivity contribution in [2.45, 2.75) is 31.7 Å². The SMILES string of the molecule is C1CCN2CCCNC[C@@H]2C1. The zero-order valence-corrected chi connectivity index (χ0v) is 7.18. The molecule has 0 radical (unpaired) electrons. The molecule has 2 aliphatic rings. The molecule has 0 unspecified atom stereocenters. The van der Waals surface area contributed by atoms with E-state index in [1.54, 1.807) is 0 Å². The third-order valence-electron chi connectivity index (χ3n) is 2.93. The predicted octanol–water partition coefficient (Wildman–Crippen LogP) is 0.834. The molecule has 2 nitrogen and oxygen atoms in total. The molecule has 0 aromatic heterocycles. The van der Waals surface area contributed by atoms with Crippen molar-refractivity contribution in [3.8, 4) is 0 Å². The topological polar surface area (TPSA) is 15.3 Å². The molecule has 1 N–H and O–H groups in total. The first-order chi connectivity index (χ1) is 5.47.